The normalized spacial score (nSPS) is 10.7. The van der Waals surface area contributed by atoms with E-state index in [1.807, 2.05) is 24.3 Å². The molecule has 174 valence electrons. The van der Waals surface area contributed by atoms with Crippen molar-refractivity contribution in [2.24, 2.45) is 0 Å². The van der Waals surface area contributed by atoms with Crippen LogP contribution in [-0.2, 0) is 17.9 Å². The van der Waals surface area contributed by atoms with Crippen LogP contribution in [0, 0.1) is 0 Å². The lowest BCUT2D eigenvalue weighted by Gasteiger charge is -2.05. The number of amides is 1. The lowest BCUT2D eigenvalue weighted by molar-refractivity contribution is 0.0600. The number of carbonyl (C=O) groups is 2. The van der Waals surface area contributed by atoms with E-state index in [0.717, 1.165) is 5.56 Å². The van der Waals surface area contributed by atoms with Crippen LogP contribution in [0.2, 0.25) is 5.02 Å². The summed E-state index contributed by atoms with van der Waals surface area (Å²) >= 11 is 9.63. The third-order valence-electron chi connectivity index (χ3n) is 4.78. The summed E-state index contributed by atoms with van der Waals surface area (Å²) in [6.45, 7) is 0.567. The Bertz CT molecular complexity index is 1320. The number of methoxy groups -OCH3 is 1. The average Bonchev–Trinajstić information content (AvgIpc) is 3.45. The van der Waals surface area contributed by atoms with Crippen molar-refractivity contribution < 1.29 is 23.5 Å². The molecule has 2 heterocycles. The molecule has 1 N–H and O–H groups in total. The number of rotatable bonds is 8. The van der Waals surface area contributed by atoms with Gasteiger partial charge in [-0.2, -0.15) is 5.10 Å². The lowest BCUT2D eigenvalue weighted by atomic mass is 10.2. The van der Waals surface area contributed by atoms with Gasteiger partial charge in [-0.3, -0.25) is 9.48 Å². The monoisotopic (exact) mass is 543 g/mol. The number of ether oxygens (including phenoxy) is 2. The summed E-state index contributed by atoms with van der Waals surface area (Å²) in [5.41, 5.74) is 1.33. The molecule has 0 bridgehead atoms. The first-order valence-corrected chi connectivity index (χ1v) is 11.3. The smallest absolute Gasteiger partial charge is 0.337 e. The molecule has 34 heavy (non-hydrogen) atoms. The maximum atomic E-state index is 12.6. The number of anilines is 1. The fraction of sp³-hybridized carbons (Fsp3) is 0.125. The van der Waals surface area contributed by atoms with Crippen molar-refractivity contribution in [3.63, 3.8) is 0 Å². The van der Waals surface area contributed by atoms with Crippen LogP contribution in [0.25, 0.3) is 0 Å². The molecule has 0 aliphatic rings. The van der Waals surface area contributed by atoms with Crippen molar-refractivity contribution in [3.8, 4) is 5.75 Å². The molecule has 0 aliphatic heterocycles. The van der Waals surface area contributed by atoms with E-state index >= 15 is 0 Å². The number of furan rings is 1. The van der Waals surface area contributed by atoms with Crippen molar-refractivity contribution in [1.29, 1.82) is 0 Å². The van der Waals surface area contributed by atoms with Crippen LogP contribution in [0.15, 0.2) is 75.8 Å². The van der Waals surface area contributed by atoms with Crippen LogP contribution >= 0.6 is 27.5 Å². The van der Waals surface area contributed by atoms with Gasteiger partial charge in [0.2, 0.25) is 0 Å². The number of aromatic nitrogens is 2. The first-order chi connectivity index (χ1) is 16.4. The molecule has 1 amide bonds. The predicted octanol–water partition coefficient (Wildman–Crippen LogP) is 5.56. The lowest BCUT2D eigenvalue weighted by Crippen LogP contribution is -2.12. The molecule has 8 nitrogen and oxygen atoms in total. The van der Waals surface area contributed by atoms with E-state index in [9.17, 15) is 9.59 Å². The molecule has 4 aromatic rings. The first-order valence-electron chi connectivity index (χ1n) is 10.1. The van der Waals surface area contributed by atoms with Gasteiger partial charge in [0, 0.05) is 11.2 Å². The third kappa shape index (κ3) is 5.67. The van der Waals surface area contributed by atoms with Crippen LogP contribution in [0.1, 0.15) is 32.2 Å². The minimum Gasteiger partial charge on any atom is -0.486 e. The number of nitrogens with zero attached hydrogens (tertiary/aromatic N) is 2. The van der Waals surface area contributed by atoms with E-state index in [4.69, 9.17) is 20.8 Å². The number of benzene rings is 2. The second kappa shape index (κ2) is 10.6. The molecule has 0 aliphatic carbocycles. The fourth-order valence-electron chi connectivity index (χ4n) is 3.07. The molecule has 2 aromatic carbocycles. The van der Waals surface area contributed by atoms with Gasteiger partial charge in [0.25, 0.3) is 5.91 Å². The molecule has 10 heteroatoms. The number of carbonyl (C=O) groups excluding carboxylic acids is 2. The molecule has 0 saturated carbocycles. The minimum absolute atomic E-state index is 0.112. The molecule has 0 atom stereocenters. The summed E-state index contributed by atoms with van der Waals surface area (Å²) in [4.78, 5) is 24.1. The molecule has 0 saturated heterocycles. The van der Waals surface area contributed by atoms with Gasteiger partial charge in [-0.15, -0.1) is 0 Å². The van der Waals surface area contributed by atoms with Crippen LogP contribution < -0.4 is 10.1 Å². The fourth-order valence-corrected chi connectivity index (χ4v) is 3.68. The third-order valence-corrected chi connectivity index (χ3v) is 5.73. The highest BCUT2D eigenvalue weighted by molar-refractivity contribution is 9.10. The topological polar surface area (TPSA) is 95.6 Å². The minimum atomic E-state index is -0.447. The van der Waals surface area contributed by atoms with Gasteiger partial charge < -0.3 is 19.2 Å². The van der Waals surface area contributed by atoms with Gasteiger partial charge in [0.05, 0.1) is 23.7 Å². The summed E-state index contributed by atoms with van der Waals surface area (Å²) in [5.74, 6) is 0.614. The summed E-state index contributed by atoms with van der Waals surface area (Å²) in [6.07, 6.45) is 1.76. The van der Waals surface area contributed by atoms with Crippen molar-refractivity contribution in [2.45, 2.75) is 13.2 Å². The summed E-state index contributed by atoms with van der Waals surface area (Å²) in [6, 6.07) is 17.2. The van der Waals surface area contributed by atoms with E-state index < -0.39 is 11.9 Å². The molecule has 4 rings (SSSR count). The zero-order chi connectivity index (χ0) is 24.1. The maximum Gasteiger partial charge on any atom is 0.337 e. The molecule has 2 aromatic heterocycles. The van der Waals surface area contributed by atoms with Crippen molar-refractivity contribution in [2.75, 3.05) is 12.4 Å². The first kappa shape index (κ1) is 23.6. The molecule has 0 fully saturated rings. The highest BCUT2D eigenvalue weighted by Crippen LogP contribution is 2.24. The Morgan fingerprint density at radius 2 is 1.88 bits per heavy atom. The number of halogens is 2. The van der Waals surface area contributed by atoms with Crippen molar-refractivity contribution in [3.05, 3.63) is 99.0 Å². The zero-order valence-corrected chi connectivity index (χ0v) is 20.3. The standard InChI is InChI=1S/C24H19BrClN3O5/c1-32-24(31)15-6-8-17(9-7-15)33-14-18-10-11-21(34-18)23(30)27-22-19(25)13-29(28-22)12-16-4-2-3-5-20(16)26/h2-11,13H,12,14H2,1H3,(H,27,28,30). The van der Waals surface area contributed by atoms with E-state index in [-0.39, 0.29) is 12.4 Å². The second-order valence-corrected chi connectivity index (χ2v) is 8.40. The number of hydrogen-bond donors (Lipinski definition) is 1. The van der Waals surface area contributed by atoms with Crippen molar-refractivity contribution in [1.82, 2.24) is 9.78 Å². The highest BCUT2D eigenvalue weighted by atomic mass is 79.9. The number of hydrogen-bond acceptors (Lipinski definition) is 6. The Labute approximate surface area is 208 Å². The van der Waals surface area contributed by atoms with E-state index in [0.29, 0.717) is 38.9 Å². The maximum absolute atomic E-state index is 12.6. The SMILES string of the molecule is COC(=O)c1ccc(OCc2ccc(C(=O)Nc3nn(Cc4ccccc4Cl)cc3Br)o2)cc1. The number of esters is 1. The van der Waals surface area contributed by atoms with Gasteiger partial charge in [-0.1, -0.05) is 29.8 Å². The van der Waals surface area contributed by atoms with Crippen LogP contribution in [0.3, 0.4) is 0 Å². The van der Waals surface area contributed by atoms with Crippen LogP contribution in [0.4, 0.5) is 5.82 Å². The van der Waals surface area contributed by atoms with E-state index in [1.54, 1.807) is 47.3 Å². The Morgan fingerprint density at radius 1 is 1.12 bits per heavy atom. The van der Waals surface area contributed by atoms with E-state index in [1.165, 1.54) is 7.11 Å². The average molecular weight is 545 g/mol. The molecular formula is C24H19BrClN3O5. The summed E-state index contributed by atoms with van der Waals surface area (Å²) < 4.78 is 18.2. The number of nitrogens with one attached hydrogen (secondary N) is 1. The second-order valence-electron chi connectivity index (χ2n) is 7.14. The van der Waals surface area contributed by atoms with Gasteiger partial charge in [-0.25, -0.2) is 4.79 Å². The Kier molecular flexibility index (Phi) is 7.34. The Hall–Kier alpha value is -3.56. The van der Waals surface area contributed by atoms with Crippen LogP contribution in [0.5, 0.6) is 5.75 Å². The Balaban J connectivity index is 1.35. The van der Waals surface area contributed by atoms with E-state index in [2.05, 4.69) is 31.1 Å². The van der Waals surface area contributed by atoms with Gasteiger partial charge >= 0.3 is 5.97 Å². The van der Waals surface area contributed by atoms with Gasteiger partial charge in [0.1, 0.15) is 18.1 Å². The quantitative estimate of drug-likeness (QED) is 0.292. The highest BCUT2D eigenvalue weighted by Gasteiger charge is 2.16. The largest absolute Gasteiger partial charge is 0.486 e. The molecule has 0 radical (unpaired) electrons. The molecule has 0 unspecified atom stereocenters. The Morgan fingerprint density at radius 3 is 2.62 bits per heavy atom. The summed E-state index contributed by atoms with van der Waals surface area (Å²) in [7, 11) is 1.32. The van der Waals surface area contributed by atoms with Gasteiger partial charge in [-0.05, 0) is 64.0 Å². The molecule has 0 spiro atoms. The van der Waals surface area contributed by atoms with Crippen molar-refractivity contribution >= 4 is 45.2 Å². The predicted molar refractivity (Wildman–Crippen MR) is 129 cm³/mol. The molecular weight excluding hydrogens is 526 g/mol. The van der Waals surface area contributed by atoms with Crippen LogP contribution in [-0.4, -0.2) is 28.8 Å². The van der Waals surface area contributed by atoms with Gasteiger partial charge in [0.15, 0.2) is 11.6 Å². The summed E-state index contributed by atoms with van der Waals surface area (Å²) in [5, 5.41) is 7.77. The zero-order valence-electron chi connectivity index (χ0n) is 18.0.